The van der Waals surface area contributed by atoms with Crippen molar-refractivity contribution in [1.82, 2.24) is 14.8 Å². The van der Waals surface area contributed by atoms with Crippen LogP contribution in [0.15, 0.2) is 0 Å². The van der Waals surface area contributed by atoms with Gasteiger partial charge in [-0.15, -0.1) is 10.2 Å². The van der Waals surface area contributed by atoms with Crippen molar-refractivity contribution in [2.45, 2.75) is 39.9 Å². The van der Waals surface area contributed by atoms with Crippen LogP contribution in [-0.4, -0.2) is 21.3 Å². The lowest BCUT2D eigenvalue weighted by atomic mass is 10.1. The zero-order chi connectivity index (χ0) is 10.8. The molecule has 0 radical (unpaired) electrons. The zero-order valence-electron chi connectivity index (χ0n) is 9.13. The van der Waals surface area contributed by atoms with Gasteiger partial charge in [-0.25, -0.2) is 4.39 Å². The molecule has 0 amide bonds. The summed E-state index contributed by atoms with van der Waals surface area (Å²) >= 11 is 0. The van der Waals surface area contributed by atoms with Gasteiger partial charge in [-0.05, 0) is 27.7 Å². The first kappa shape index (κ1) is 10.9. The molecule has 1 rings (SSSR count). The standard InChI is InChI=1S/C9H17FN4/c1-5-11-8-13-12-7(9(3,4)10)14(8)6-2/h5-6H2,1-4H3,(H,11,13). The Morgan fingerprint density at radius 2 is 2.00 bits per heavy atom. The lowest BCUT2D eigenvalue weighted by molar-refractivity contribution is 0.199. The highest BCUT2D eigenvalue weighted by Gasteiger charge is 2.27. The summed E-state index contributed by atoms with van der Waals surface area (Å²) in [7, 11) is 0. The summed E-state index contributed by atoms with van der Waals surface area (Å²) in [5.74, 6) is 1.01. The van der Waals surface area contributed by atoms with E-state index in [0.29, 0.717) is 18.3 Å². The van der Waals surface area contributed by atoms with E-state index in [2.05, 4.69) is 15.5 Å². The van der Waals surface area contributed by atoms with Gasteiger partial charge < -0.3 is 5.32 Å². The number of rotatable bonds is 4. The summed E-state index contributed by atoms with van der Waals surface area (Å²) in [6, 6.07) is 0. The summed E-state index contributed by atoms with van der Waals surface area (Å²) < 4.78 is 15.4. The number of anilines is 1. The Morgan fingerprint density at radius 3 is 2.43 bits per heavy atom. The first-order valence-electron chi connectivity index (χ1n) is 4.87. The van der Waals surface area contributed by atoms with Crippen LogP contribution >= 0.6 is 0 Å². The molecular formula is C9H17FN4. The van der Waals surface area contributed by atoms with Gasteiger partial charge in [0.25, 0.3) is 0 Å². The first-order valence-corrected chi connectivity index (χ1v) is 4.87. The maximum absolute atomic E-state index is 13.7. The van der Waals surface area contributed by atoms with Crippen LogP contribution in [0.5, 0.6) is 0 Å². The van der Waals surface area contributed by atoms with Crippen molar-refractivity contribution in [3.05, 3.63) is 5.82 Å². The van der Waals surface area contributed by atoms with E-state index in [1.54, 1.807) is 4.57 Å². The Morgan fingerprint density at radius 1 is 1.36 bits per heavy atom. The molecule has 0 aliphatic heterocycles. The van der Waals surface area contributed by atoms with Gasteiger partial charge in [0, 0.05) is 13.1 Å². The molecular weight excluding hydrogens is 183 g/mol. The minimum absolute atomic E-state index is 0.371. The van der Waals surface area contributed by atoms with E-state index in [-0.39, 0.29) is 0 Å². The molecule has 5 heteroatoms. The normalized spacial score (nSPS) is 11.8. The van der Waals surface area contributed by atoms with Crippen LogP contribution < -0.4 is 5.32 Å². The smallest absolute Gasteiger partial charge is 0.224 e. The van der Waals surface area contributed by atoms with Gasteiger partial charge in [0.2, 0.25) is 5.95 Å². The summed E-state index contributed by atoms with van der Waals surface area (Å²) in [5, 5.41) is 10.8. The summed E-state index contributed by atoms with van der Waals surface area (Å²) in [5.41, 5.74) is -1.45. The van der Waals surface area contributed by atoms with Crippen LogP contribution in [0.3, 0.4) is 0 Å². The molecule has 0 bridgehead atoms. The van der Waals surface area contributed by atoms with E-state index in [9.17, 15) is 4.39 Å². The van der Waals surface area contributed by atoms with Crippen LogP contribution in [0.25, 0.3) is 0 Å². The number of alkyl halides is 1. The molecule has 0 aromatic carbocycles. The average Bonchev–Trinajstić information content (AvgIpc) is 2.47. The van der Waals surface area contributed by atoms with Gasteiger partial charge in [0.15, 0.2) is 11.5 Å². The highest BCUT2D eigenvalue weighted by Crippen LogP contribution is 2.24. The Bertz CT molecular complexity index is 300. The quantitative estimate of drug-likeness (QED) is 0.807. The van der Waals surface area contributed by atoms with Crippen LogP contribution in [0.4, 0.5) is 10.3 Å². The lowest BCUT2D eigenvalue weighted by Crippen LogP contribution is -2.18. The highest BCUT2D eigenvalue weighted by molar-refractivity contribution is 5.26. The predicted molar refractivity (Wildman–Crippen MR) is 54.0 cm³/mol. The van der Waals surface area contributed by atoms with Crippen LogP contribution in [0, 0.1) is 0 Å². The van der Waals surface area contributed by atoms with Gasteiger partial charge >= 0.3 is 0 Å². The Labute approximate surface area is 83.5 Å². The van der Waals surface area contributed by atoms with E-state index in [1.807, 2.05) is 13.8 Å². The van der Waals surface area contributed by atoms with Crippen molar-refractivity contribution >= 4 is 5.95 Å². The van der Waals surface area contributed by atoms with Crippen LogP contribution in [0.1, 0.15) is 33.5 Å². The third-order valence-electron chi connectivity index (χ3n) is 1.93. The SMILES string of the molecule is CCNc1nnc(C(C)(C)F)n1CC. The molecule has 0 saturated carbocycles. The molecule has 1 heterocycles. The fourth-order valence-corrected chi connectivity index (χ4v) is 1.33. The first-order chi connectivity index (χ1) is 6.50. The van der Waals surface area contributed by atoms with E-state index >= 15 is 0 Å². The fraction of sp³-hybridized carbons (Fsp3) is 0.778. The van der Waals surface area contributed by atoms with Gasteiger partial charge in [-0.3, -0.25) is 4.57 Å². The average molecular weight is 200 g/mol. The third kappa shape index (κ3) is 2.02. The van der Waals surface area contributed by atoms with Gasteiger partial charge in [-0.2, -0.15) is 0 Å². The fourth-order valence-electron chi connectivity index (χ4n) is 1.33. The second-order valence-corrected chi connectivity index (χ2v) is 3.59. The minimum atomic E-state index is -1.45. The Balaban J connectivity index is 3.07. The molecule has 0 aliphatic carbocycles. The lowest BCUT2D eigenvalue weighted by Gasteiger charge is -2.15. The largest absolute Gasteiger partial charge is 0.355 e. The maximum Gasteiger partial charge on any atom is 0.224 e. The maximum atomic E-state index is 13.7. The number of nitrogens with zero attached hydrogens (tertiary/aromatic N) is 3. The molecule has 0 atom stereocenters. The summed E-state index contributed by atoms with van der Waals surface area (Å²) in [6.45, 7) is 8.30. The monoisotopic (exact) mass is 200 g/mol. The molecule has 1 aromatic heterocycles. The summed E-state index contributed by atoms with van der Waals surface area (Å²) in [6.07, 6.45) is 0. The Hall–Kier alpha value is -1.13. The molecule has 1 aromatic rings. The number of aromatic nitrogens is 3. The third-order valence-corrected chi connectivity index (χ3v) is 1.93. The van der Waals surface area contributed by atoms with E-state index in [1.165, 1.54) is 13.8 Å². The van der Waals surface area contributed by atoms with E-state index in [0.717, 1.165) is 6.54 Å². The van der Waals surface area contributed by atoms with Crippen molar-refractivity contribution in [1.29, 1.82) is 0 Å². The molecule has 0 fully saturated rings. The van der Waals surface area contributed by atoms with Crippen molar-refractivity contribution in [2.75, 3.05) is 11.9 Å². The number of hydrogen-bond donors (Lipinski definition) is 1. The van der Waals surface area contributed by atoms with Crippen LogP contribution in [0.2, 0.25) is 0 Å². The topological polar surface area (TPSA) is 42.7 Å². The molecule has 4 nitrogen and oxygen atoms in total. The minimum Gasteiger partial charge on any atom is -0.355 e. The molecule has 0 spiro atoms. The molecule has 1 N–H and O–H groups in total. The number of halogens is 1. The van der Waals surface area contributed by atoms with Crippen molar-refractivity contribution < 1.29 is 4.39 Å². The highest BCUT2D eigenvalue weighted by atomic mass is 19.1. The summed E-state index contributed by atoms with van der Waals surface area (Å²) in [4.78, 5) is 0. The molecule has 80 valence electrons. The van der Waals surface area contributed by atoms with Gasteiger partial charge in [0.1, 0.15) is 0 Å². The number of nitrogens with one attached hydrogen (secondary N) is 1. The Kier molecular flexibility index (Phi) is 3.08. The number of hydrogen-bond acceptors (Lipinski definition) is 3. The second-order valence-electron chi connectivity index (χ2n) is 3.59. The van der Waals surface area contributed by atoms with E-state index < -0.39 is 5.67 Å². The van der Waals surface area contributed by atoms with Crippen molar-refractivity contribution in [2.24, 2.45) is 0 Å². The zero-order valence-corrected chi connectivity index (χ0v) is 9.13. The van der Waals surface area contributed by atoms with Gasteiger partial charge in [0.05, 0.1) is 0 Å². The molecule has 0 unspecified atom stereocenters. The molecule has 0 aliphatic rings. The van der Waals surface area contributed by atoms with Crippen molar-refractivity contribution in [3.8, 4) is 0 Å². The molecule has 0 saturated heterocycles. The predicted octanol–water partition coefficient (Wildman–Crippen LogP) is 1.93. The van der Waals surface area contributed by atoms with Gasteiger partial charge in [-0.1, -0.05) is 0 Å². The second kappa shape index (κ2) is 3.94. The van der Waals surface area contributed by atoms with Crippen LogP contribution in [-0.2, 0) is 12.2 Å². The molecule has 14 heavy (non-hydrogen) atoms. The van der Waals surface area contributed by atoms with Crippen molar-refractivity contribution in [3.63, 3.8) is 0 Å². The van der Waals surface area contributed by atoms with E-state index in [4.69, 9.17) is 0 Å².